The van der Waals surface area contributed by atoms with Crippen LogP contribution >= 0.6 is 0 Å². The zero-order valence-corrected chi connectivity index (χ0v) is 7.80. The maximum Gasteiger partial charge on any atom is 0.155 e. The highest BCUT2D eigenvalue weighted by molar-refractivity contribution is 5.93. The molecule has 2 heteroatoms. The largest absolute Gasteiger partial charge is 0.385 e. The summed E-state index contributed by atoms with van der Waals surface area (Å²) in [6, 6.07) is 0. The van der Waals surface area contributed by atoms with Crippen LogP contribution in [0.2, 0.25) is 0 Å². The van der Waals surface area contributed by atoms with Crippen molar-refractivity contribution in [2.24, 2.45) is 5.92 Å². The molecule has 1 aliphatic rings. The van der Waals surface area contributed by atoms with E-state index in [0.717, 1.165) is 19.4 Å². The highest BCUT2D eigenvalue weighted by Gasteiger charge is 2.16. The topological polar surface area (TPSA) is 26.3 Å². The number of hydrogen-bond acceptors (Lipinski definition) is 2. The van der Waals surface area contributed by atoms with E-state index in [1.165, 1.54) is 5.57 Å². The van der Waals surface area contributed by atoms with Crippen LogP contribution in [0.4, 0.5) is 0 Å². The molecule has 0 heterocycles. The number of methoxy groups -OCH3 is 1. The summed E-state index contributed by atoms with van der Waals surface area (Å²) in [5.74, 6) is 0.797. The van der Waals surface area contributed by atoms with Gasteiger partial charge in [0.2, 0.25) is 0 Å². The Morgan fingerprint density at radius 1 is 1.58 bits per heavy atom. The molecule has 68 valence electrons. The van der Waals surface area contributed by atoms with Gasteiger partial charge in [-0.25, -0.2) is 0 Å². The molecule has 0 saturated heterocycles. The molecule has 2 nitrogen and oxygen atoms in total. The number of carbonyl (C=O) groups is 1. The Morgan fingerprint density at radius 3 is 2.83 bits per heavy atom. The summed E-state index contributed by atoms with van der Waals surface area (Å²) >= 11 is 0. The van der Waals surface area contributed by atoms with Gasteiger partial charge in [-0.15, -0.1) is 0 Å². The standard InChI is InChI=1S/C10H16O2/c1-8(5-6-12-2)9-3-4-10(11)7-9/h7-8H,3-6H2,1-2H3. The fourth-order valence-corrected chi connectivity index (χ4v) is 1.49. The van der Waals surface area contributed by atoms with Gasteiger partial charge in [0, 0.05) is 20.1 Å². The van der Waals surface area contributed by atoms with Crippen LogP contribution < -0.4 is 0 Å². The number of ketones is 1. The highest BCUT2D eigenvalue weighted by Crippen LogP contribution is 2.24. The van der Waals surface area contributed by atoms with Gasteiger partial charge in [-0.2, -0.15) is 0 Å². The molecule has 1 aliphatic carbocycles. The number of allylic oxidation sites excluding steroid dienone is 2. The first-order chi connectivity index (χ1) is 5.74. The zero-order valence-electron chi connectivity index (χ0n) is 7.80. The lowest BCUT2D eigenvalue weighted by Crippen LogP contribution is -2.01. The molecule has 0 saturated carbocycles. The number of rotatable bonds is 4. The van der Waals surface area contributed by atoms with Crippen LogP contribution in [-0.2, 0) is 9.53 Å². The zero-order chi connectivity index (χ0) is 8.97. The molecule has 0 radical (unpaired) electrons. The second kappa shape index (κ2) is 4.41. The second-order valence-electron chi connectivity index (χ2n) is 3.37. The molecule has 0 spiro atoms. The predicted octanol–water partition coefficient (Wildman–Crippen LogP) is 1.95. The molecule has 0 amide bonds. The van der Waals surface area contributed by atoms with E-state index in [0.29, 0.717) is 12.3 Å². The Labute approximate surface area is 73.6 Å². The van der Waals surface area contributed by atoms with Gasteiger partial charge in [0.05, 0.1) is 0 Å². The number of carbonyl (C=O) groups excluding carboxylic acids is 1. The van der Waals surface area contributed by atoms with Crippen molar-refractivity contribution in [2.45, 2.75) is 26.2 Å². The van der Waals surface area contributed by atoms with Gasteiger partial charge in [0.15, 0.2) is 5.78 Å². The fraction of sp³-hybridized carbons (Fsp3) is 0.700. The van der Waals surface area contributed by atoms with Gasteiger partial charge in [-0.05, 0) is 24.8 Å². The first-order valence-corrected chi connectivity index (χ1v) is 4.46. The van der Waals surface area contributed by atoms with Crippen LogP contribution in [0.25, 0.3) is 0 Å². The van der Waals surface area contributed by atoms with E-state index in [4.69, 9.17) is 4.74 Å². The van der Waals surface area contributed by atoms with Gasteiger partial charge in [0.25, 0.3) is 0 Å². The van der Waals surface area contributed by atoms with Gasteiger partial charge in [-0.1, -0.05) is 12.5 Å². The van der Waals surface area contributed by atoms with E-state index in [2.05, 4.69) is 6.92 Å². The SMILES string of the molecule is COCCC(C)C1=CC(=O)CC1. The Morgan fingerprint density at radius 2 is 2.33 bits per heavy atom. The van der Waals surface area contributed by atoms with Crippen LogP contribution in [-0.4, -0.2) is 19.5 Å². The number of ether oxygens (including phenoxy) is 1. The molecule has 0 bridgehead atoms. The van der Waals surface area contributed by atoms with Crippen LogP contribution in [0.3, 0.4) is 0 Å². The monoisotopic (exact) mass is 168 g/mol. The Kier molecular flexibility index (Phi) is 3.48. The van der Waals surface area contributed by atoms with Crippen molar-refractivity contribution in [3.8, 4) is 0 Å². The molecule has 12 heavy (non-hydrogen) atoms. The van der Waals surface area contributed by atoms with Crippen molar-refractivity contribution in [1.82, 2.24) is 0 Å². The molecule has 0 aliphatic heterocycles. The summed E-state index contributed by atoms with van der Waals surface area (Å²) in [6.07, 6.45) is 4.51. The minimum absolute atomic E-state index is 0.286. The van der Waals surface area contributed by atoms with E-state index in [-0.39, 0.29) is 5.78 Å². The minimum atomic E-state index is 0.286. The van der Waals surface area contributed by atoms with Gasteiger partial charge < -0.3 is 4.74 Å². The molecule has 0 fully saturated rings. The highest BCUT2D eigenvalue weighted by atomic mass is 16.5. The first-order valence-electron chi connectivity index (χ1n) is 4.46. The molecule has 0 N–H and O–H groups in total. The van der Waals surface area contributed by atoms with Crippen molar-refractivity contribution in [3.05, 3.63) is 11.6 Å². The third-order valence-corrected chi connectivity index (χ3v) is 2.39. The van der Waals surface area contributed by atoms with Crippen molar-refractivity contribution in [3.63, 3.8) is 0 Å². The van der Waals surface area contributed by atoms with Crippen LogP contribution in [0.15, 0.2) is 11.6 Å². The Bertz CT molecular complexity index is 194. The van der Waals surface area contributed by atoms with Gasteiger partial charge >= 0.3 is 0 Å². The van der Waals surface area contributed by atoms with Crippen molar-refractivity contribution < 1.29 is 9.53 Å². The van der Waals surface area contributed by atoms with Gasteiger partial charge in [-0.3, -0.25) is 4.79 Å². The molecule has 0 aromatic rings. The Hall–Kier alpha value is -0.630. The summed E-state index contributed by atoms with van der Waals surface area (Å²) in [5, 5.41) is 0. The van der Waals surface area contributed by atoms with E-state index in [1.54, 1.807) is 13.2 Å². The second-order valence-corrected chi connectivity index (χ2v) is 3.37. The maximum atomic E-state index is 10.9. The summed E-state index contributed by atoms with van der Waals surface area (Å²) < 4.78 is 4.99. The van der Waals surface area contributed by atoms with Crippen molar-refractivity contribution >= 4 is 5.78 Å². The average Bonchev–Trinajstić information content (AvgIpc) is 2.47. The van der Waals surface area contributed by atoms with Crippen molar-refractivity contribution in [2.75, 3.05) is 13.7 Å². The van der Waals surface area contributed by atoms with E-state index in [1.807, 2.05) is 0 Å². The smallest absolute Gasteiger partial charge is 0.155 e. The lowest BCUT2D eigenvalue weighted by atomic mass is 9.98. The third kappa shape index (κ3) is 2.45. The molecule has 0 aromatic carbocycles. The maximum absolute atomic E-state index is 10.9. The van der Waals surface area contributed by atoms with Crippen LogP contribution in [0, 0.1) is 5.92 Å². The van der Waals surface area contributed by atoms with E-state index >= 15 is 0 Å². The predicted molar refractivity (Wildman–Crippen MR) is 48.0 cm³/mol. The van der Waals surface area contributed by atoms with Crippen LogP contribution in [0.5, 0.6) is 0 Å². The van der Waals surface area contributed by atoms with Crippen molar-refractivity contribution in [1.29, 1.82) is 0 Å². The Balaban J connectivity index is 2.37. The van der Waals surface area contributed by atoms with Gasteiger partial charge in [0.1, 0.15) is 0 Å². The lowest BCUT2D eigenvalue weighted by Gasteiger charge is -2.10. The van der Waals surface area contributed by atoms with Crippen LogP contribution in [0.1, 0.15) is 26.2 Å². The molecular formula is C10H16O2. The fourth-order valence-electron chi connectivity index (χ4n) is 1.49. The quantitative estimate of drug-likeness (QED) is 0.641. The molecule has 1 rings (SSSR count). The molecule has 0 aromatic heterocycles. The minimum Gasteiger partial charge on any atom is -0.385 e. The summed E-state index contributed by atoms with van der Waals surface area (Å²) in [5.41, 5.74) is 1.30. The summed E-state index contributed by atoms with van der Waals surface area (Å²) in [7, 11) is 1.71. The lowest BCUT2D eigenvalue weighted by molar-refractivity contribution is -0.114. The summed E-state index contributed by atoms with van der Waals surface area (Å²) in [6.45, 7) is 2.94. The normalized spacial score (nSPS) is 19.5. The van der Waals surface area contributed by atoms with E-state index < -0.39 is 0 Å². The number of hydrogen-bond donors (Lipinski definition) is 0. The molecule has 1 atom stereocenters. The third-order valence-electron chi connectivity index (χ3n) is 2.39. The molecule has 1 unspecified atom stereocenters. The molecular weight excluding hydrogens is 152 g/mol. The average molecular weight is 168 g/mol. The first kappa shape index (κ1) is 9.46. The summed E-state index contributed by atoms with van der Waals surface area (Å²) in [4.78, 5) is 10.9. The van der Waals surface area contributed by atoms with E-state index in [9.17, 15) is 4.79 Å².